The van der Waals surface area contributed by atoms with E-state index < -0.39 is 6.36 Å². The van der Waals surface area contributed by atoms with Gasteiger partial charge in [-0.15, -0.1) is 0 Å². The molecule has 0 radical (unpaired) electrons. The second-order valence-electron chi connectivity index (χ2n) is 10.2. The fraction of sp³-hybridized carbons (Fsp3) is 0.379. The molecule has 40 heavy (non-hydrogen) atoms. The van der Waals surface area contributed by atoms with Gasteiger partial charge in [-0.1, -0.05) is 23.8 Å². The van der Waals surface area contributed by atoms with E-state index in [4.69, 9.17) is 4.74 Å². The minimum Gasteiger partial charge on any atom is -0.460 e. The molecule has 1 aliphatic heterocycles. The molecule has 1 aliphatic rings. The number of fused-ring (bicyclic) bond motifs is 1. The Morgan fingerprint density at radius 1 is 1.15 bits per heavy atom. The van der Waals surface area contributed by atoms with Gasteiger partial charge in [0.15, 0.2) is 0 Å². The van der Waals surface area contributed by atoms with E-state index in [2.05, 4.69) is 9.97 Å². The maximum atomic E-state index is 13.7. The largest absolute Gasteiger partial charge is 0.460 e. The van der Waals surface area contributed by atoms with Gasteiger partial charge in [0.05, 0.1) is 30.1 Å². The van der Waals surface area contributed by atoms with Crippen molar-refractivity contribution in [3.05, 3.63) is 70.3 Å². The average molecular weight is 549 g/mol. The van der Waals surface area contributed by atoms with E-state index in [1.807, 2.05) is 40.8 Å². The molecule has 1 amide bonds. The molecular weight excluding hydrogens is 515 g/mol. The molecule has 2 atom stereocenters. The van der Waals surface area contributed by atoms with Crippen LogP contribution >= 0.6 is 0 Å². The van der Waals surface area contributed by atoms with E-state index in [0.29, 0.717) is 43.3 Å². The minimum absolute atomic E-state index is 0.0622. The van der Waals surface area contributed by atoms with Gasteiger partial charge in [0.25, 0.3) is 5.56 Å². The number of benzene rings is 2. The first-order valence-corrected chi connectivity index (χ1v) is 13.2. The normalized spacial score (nSPS) is 16.4. The zero-order valence-electron chi connectivity index (χ0n) is 23.0. The van der Waals surface area contributed by atoms with Crippen LogP contribution in [0.15, 0.2) is 53.6 Å². The van der Waals surface area contributed by atoms with E-state index in [1.165, 1.54) is 13.8 Å². The highest BCUT2D eigenvalue weighted by Gasteiger charge is 2.29. The molecule has 10 nitrogen and oxygen atoms in total. The number of aliphatic hydroxyl groups is 1. The number of anilines is 1. The van der Waals surface area contributed by atoms with Crippen molar-refractivity contribution in [1.82, 2.24) is 24.2 Å². The van der Waals surface area contributed by atoms with Crippen LogP contribution in [-0.4, -0.2) is 73.9 Å². The first kappa shape index (κ1) is 27.3. The summed E-state index contributed by atoms with van der Waals surface area (Å²) in [4.78, 5) is 37.6. The highest BCUT2D eigenvalue weighted by Crippen LogP contribution is 2.27. The van der Waals surface area contributed by atoms with Crippen LogP contribution in [0.3, 0.4) is 0 Å². The van der Waals surface area contributed by atoms with Gasteiger partial charge >= 0.3 is 0 Å². The third kappa shape index (κ3) is 5.29. The van der Waals surface area contributed by atoms with Crippen LogP contribution in [0.25, 0.3) is 22.0 Å². The number of aliphatic hydroxyl groups excluding tert-OH is 1. The molecule has 2 aromatic carbocycles. The fourth-order valence-corrected chi connectivity index (χ4v) is 5.27. The fourth-order valence-electron chi connectivity index (χ4n) is 5.27. The second kappa shape index (κ2) is 11.1. The monoisotopic (exact) mass is 548 g/mol. The van der Waals surface area contributed by atoms with Crippen molar-refractivity contribution in [1.29, 1.82) is 0 Å². The molecule has 1 N–H and O–H groups in total. The number of alkyl halides is 1. The molecular formula is C29H33FN6O4. The maximum absolute atomic E-state index is 13.7. The van der Waals surface area contributed by atoms with E-state index in [9.17, 15) is 19.1 Å². The summed E-state index contributed by atoms with van der Waals surface area (Å²) in [6.45, 7) is 6.49. The van der Waals surface area contributed by atoms with Crippen LogP contribution in [0, 0.1) is 6.92 Å². The molecule has 11 heteroatoms. The van der Waals surface area contributed by atoms with Gasteiger partial charge < -0.3 is 19.6 Å². The Hall–Kier alpha value is -4.25. The zero-order chi connectivity index (χ0) is 28.6. The van der Waals surface area contributed by atoms with Crippen LogP contribution in [0.4, 0.5) is 10.3 Å². The Bertz CT molecular complexity index is 1600. The first-order valence-electron chi connectivity index (χ1n) is 13.2. The van der Waals surface area contributed by atoms with Crippen molar-refractivity contribution in [3.63, 3.8) is 0 Å². The van der Waals surface area contributed by atoms with Crippen molar-refractivity contribution in [2.75, 3.05) is 31.1 Å². The third-order valence-electron chi connectivity index (χ3n) is 7.34. The van der Waals surface area contributed by atoms with Gasteiger partial charge in [0, 0.05) is 64.1 Å². The van der Waals surface area contributed by atoms with E-state index in [-0.39, 0.29) is 24.1 Å². The highest BCUT2D eigenvalue weighted by atomic mass is 19.1. The molecule has 3 heterocycles. The van der Waals surface area contributed by atoms with Gasteiger partial charge in [0.2, 0.25) is 18.2 Å². The lowest BCUT2D eigenvalue weighted by Crippen LogP contribution is -2.56. The summed E-state index contributed by atoms with van der Waals surface area (Å²) in [5.74, 6) is 0.896. The van der Waals surface area contributed by atoms with Gasteiger partial charge in [-0.05, 0) is 30.7 Å². The average Bonchev–Trinajstić information content (AvgIpc) is 3.18. The zero-order valence-corrected chi connectivity index (χ0v) is 23.0. The molecule has 0 spiro atoms. The SMILES string of the molecule is CC(=O)N1CCN(c2ncc(-c3ccc4c(=O)n(C)n(Cc5cc(C)ccc5OC(C)F)c4c3)cn2)C[C@H]1CO. The van der Waals surface area contributed by atoms with Gasteiger partial charge in [-0.25, -0.2) is 14.4 Å². The standard InChI is InChI=1S/C29H33FN6O4/c1-18-5-8-27(40-19(2)30)22(11-18)15-36-26-12-21(6-7-25(26)28(39)33(36)4)23-13-31-29(32-14-23)34-9-10-35(20(3)38)24(16-34)17-37/h5-8,11-14,19,24,37H,9-10,15-17H2,1-4H3/t19?,24-/m0/s1. The van der Waals surface area contributed by atoms with Gasteiger partial charge in [-0.2, -0.15) is 0 Å². The van der Waals surface area contributed by atoms with Gasteiger partial charge in [-0.3, -0.25) is 19.0 Å². The summed E-state index contributed by atoms with van der Waals surface area (Å²) >= 11 is 0. The molecule has 5 rings (SSSR count). The Kier molecular flexibility index (Phi) is 7.57. The summed E-state index contributed by atoms with van der Waals surface area (Å²) in [7, 11) is 1.71. The molecule has 1 saturated heterocycles. The molecule has 210 valence electrons. The topological polar surface area (TPSA) is 106 Å². The van der Waals surface area contributed by atoms with Crippen molar-refractivity contribution in [3.8, 4) is 16.9 Å². The van der Waals surface area contributed by atoms with Crippen LogP contribution in [0.1, 0.15) is 25.0 Å². The predicted octanol–water partition coefficient (Wildman–Crippen LogP) is 2.88. The van der Waals surface area contributed by atoms with E-state index in [1.54, 1.807) is 41.2 Å². The molecule has 0 saturated carbocycles. The van der Waals surface area contributed by atoms with Crippen molar-refractivity contribution >= 4 is 22.8 Å². The molecule has 4 aromatic rings. The van der Waals surface area contributed by atoms with E-state index in [0.717, 1.165) is 27.8 Å². The Morgan fingerprint density at radius 3 is 2.58 bits per heavy atom. The summed E-state index contributed by atoms with van der Waals surface area (Å²) in [6, 6.07) is 10.8. The molecule has 1 unspecified atom stereocenters. The lowest BCUT2D eigenvalue weighted by atomic mass is 10.1. The number of hydrogen-bond acceptors (Lipinski definition) is 7. The van der Waals surface area contributed by atoms with Crippen LogP contribution < -0.4 is 15.2 Å². The lowest BCUT2D eigenvalue weighted by Gasteiger charge is -2.40. The number of ether oxygens (including phenoxy) is 1. The number of carbonyl (C=O) groups excluding carboxylic acids is 1. The second-order valence-corrected chi connectivity index (χ2v) is 10.2. The smallest absolute Gasteiger partial charge is 0.274 e. The minimum atomic E-state index is -1.46. The highest BCUT2D eigenvalue weighted by molar-refractivity contribution is 5.84. The number of piperazine rings is 1. The van der Waals surface area contributed by atoms with E-state index >= 15 is 0 Å². The summed E-state index contributed by atoms with van der Waals surface area (Å²) in [5.41, 5.74) is 3.97. The van der Waals surface area contributed by atoms with Gasteiger partial charge in [0.1, 0.15) is 5.75 Å². The van der Waals surface area contributed by atoms with Crippen molar-refractivity contribution < 1.29 is 19.0 Å². The summed E-state index contributed by atoms with van der Waals surface area (Å²) in [6.07, 6.45) is 2.00. The number of carbonyl (C=O) groups is 1. The number of nitrogens with zero attached hydrogens (tertiary/aromatic N) is 6. The predicted molar refractivity (Wildman–Crippen MR) is 150 cm³/mol. The maximum Gasteiger partial charge on any atom is 0.274 e. The molecule has 0 aliphatic carbocycles. The Labute approximate surface area is 231 Å². The molecule has 2 aromatic heterocycles. The third-order valence-corrected chi connectivity index (χ3v) is 7.34. The Morgan fingerprint density at radius 2 is 1.90 bits per heavy atom. The summed E-state index contributed by atoms with van der Waals surface area (Å²) in [5, 5.41) is 10.3. The number of hydrogen-bond donors (Lipinski definition) is 1. The van der Waals surface area contributed by atoms with Crippen LogP contribution in [0.2, 0.25) is 0 Å². The number of aromatic nitrogens is 4. The van der Waals surface area contributed by atoms with Crippen molar-refractivity contribution in [2.24, 2.45) is 7.05 Å². The number of amides is 1. The molecule has 1 fully saturated rings. The van der Waals surface area contributed by atoms with Crippen LogP contribution in [-0.2, 0) is 18.4 Å². The number of aryl methyl sites for hydroxylation is 1. The first-order chi connectivity index (χ1) is 19.2. The van der Waals surface area contributed by atoms with Crippen LogP contribution in [0.5, 0.6) is 5.75 Å². The Balaban J connectivity index is 1.45. The summed E-state index contributed by atoms with van der Waals surface area (Å²) < 4.78 is 22.5. The molecule has 0 bridgehead atoms. The van der Waals surface area contributed by atoms with Crippen molar-refractivity contribution in [2.45, 2.75) is 39.7 Å². The number of halogens is 1. The lowest BCUT2D eigenvalue weighted by molar-refractivity contribution is -0.132. The quantitative estimate of drug-likeness (QED) is 0.379. The number of rotatable bonds is 7.